The minimum atomic E-state index is -0.891. The van der Waals surface area contributed by atoms with Gasteiger partial charge in [0.1, 0.15) is 0 Å². The maximum absolute atomic E-state index is 12.8. The van der Waals surface area contributed by atoms with Crippen LogP contribution in [0.4, 0.5) is 0 Å². The van der Waals surface area contributed by atoms with E-state index >= 15 is 0 Å². The Morgan fingerprint density at radius 3 is 2.17 bits per heavy atom. The summed E-state index contributed by atoms with van der Waals surface area (Å²) in [4.78, 5) is 13.9. The highest BCUT2D eigenvalue weighted by atomic mass is 32.2. The molecule has 0 saturated carbocycles. The Morgan fingerprint density at radius 2 is 1.62 bits per heavy atom. The summed E-state index contributed by atoms with van der Waals surface area (Å²) in [5.41, 5.74) is 1.13. The van der Waals surface area contributed by atoms with Gasteiger partial charge in [0.05, 0.1) is 18.6 Å². The van der Waals surface area contributed by atoms with Crippen LogP contribution in [-0.4, -0.2) is 34.6 Å². The maximum Gasteiger partial charge on any atom is 0.313 e. The lowest BCUT2D eigenvalue weighted by Crippen LogP contribution is -2.52. The second kappa shape index (κ2) is 10.8. The third-order valence-electron chi connectivity index (χ3n) is 5.09. The molecule has 2 N–H and O–H groups in total. The molecule has 2 rings (SSSR count). The van der Waals surface area contributed by atoms with Gasteiger partial charge in [0, 0.05) is 21.7 Å². The maximum atomic E-state index is 12.8. The van der Waals surface area contributed by atoms with Crippen LogP contribution in [0.25, 0.3) is 0 Å². The van der Waals surface area contributed by atoms with E-state index in [1.807, 2.05) is 69.3 Å². The van der Waals surface area contributed by atoms with E-state index in [2.05, 4.69) is 24.4 Å². The number of nitrogens with one attached hydrogen (secondary N) is 1. The number of carbonyl (C=O) groups is 1. The number of ether oxygens (including phenoxy) is 1. The van der Waals surface area contributed by atoms with Crippen LogP contribution >= 0.6 is 11.8 Å². The van der Waals surface area contributed by atoms with Crippen LogP contribution in [0.15, 0.2) is 65.6 Å². The predicted octanol–water partition coefficient (Wildman–Crippen LogP) is 4.84. The third kappa shape index (κ3) is 6.59. The standard InChI is InChI=1S/C24H33NO3S/c1-6-28-23(27)21(18(3)25-17(2)19-13-9-7-10-14-19)22(26)24(4,5)29-20-15-11-8-12-16-20/h7-18,21-22,25-26H,6H2,1-5H3/t17-,18-,21+,22+/m0/s1. The van der Waals surface area contributed by atoms with Crippen LogP contribution in [0.3, 0.4) is 0 Å². The first-order valence-electron chi connectivity index (χ1n) is 10.2. The summed E-state index contributed by atoms with van der Waals surface area (Å²) in [7, 11) is 0. The zero-order valence-electron chi connectivity index (χ0n) is 18.0. The van der Waals surface area contributed by atoms with Crippen molar-refractivity contribution >= 4 is 17.7 Å². The van der Waals surface area contributed by atoms with E-state index < -0.39 is 16.8 Å². The smallest absolute Gasteiger partial charge is 0.313 e. The minimum Gasteiger partial charge on any atom is -0.466 e. The molecule has 0 radical (unpaired) electrons. The summed E-state index contributed by atoms with van der Waals surface area (Å²) < 4.78 is 4.75. The molecule has 2 aromatic carbocycles. The monoisotopic (exact) mass is 415 g/mol. The van der Waals surface area contributed by atoms with Gasteiger partial charge in [-0.1, -0.05) is 48.5 Å². The Balaban J connectivity index is 2.20. The molecule has 0 heterocycles. The molecule has 5 heteroatoms. The van der Waals surface area contributed by atoms with Gasteiger partial charge in [0.2, 0.25) is 0 Å². The second-order valence-corrected chi connectivity index (χ2v) is 9.56. The number of thioether (sulfide) groups is 1. The van der Waals surface area contributed by atoms with E-state index in [1.165, 1.54) is 0 Å². The zero-order chi connectivity index (χ0) is 21.4. The van der Waals surface area contributed by atoms with Gasteiger partial charge >= 0.3 is 5.97 Å². The first-order chi connectivity index (χ1) is 13.8. The summed E-state index contributed by atoms with van der Waals surface area (Å²) in [5, 5.41) is 14.8. The lowest BCUT2D eigenvalue weighted by Gasteiger charge is -2.38. The van der Waals surface area contributed by atoms with E-state index in [0.717, 1.165) is 10.5 Å². The van der Waals surface area contributed by atoms with Crippen molar-refractivity contribution in [2.24, 2.45) is 5.92 Å². The highest BCUT2D eigenvalue weighted by molar-refractivity contribution is 8.00. The van der Waals surface area contributed by atoms with Crippen LogP contribution in [0.1, 0.15) is 46.2 Å². The van der Waals surface area contributed by atoms with Crippen molar-refractivity contribution in [3.63, 3.8) is 0 Å². The molecule has 0 aromatic heterocycles. The van der Waals surface area contributed by atoms with E-state index in [4.69, 9.17) is 4.74 Å². The zero-order valence-corrected chi connectivity index (χ0v) is 18.8. The summed E-state index contributed by atoms with van der Waals surface area (Å²) >= 11 is 1.56. The van der Waals surface area contributed by atoms with Crippen molar-refractivity contribution in [2.45, 2.75) is 62.4 Å². The van der Waals surface area contributed by atoms with E-state index in [0.29, 0.717) is 0 Å². The van der Waals surface area contributed by atoms with Gasteiger partial charge in [-0.05, 0) is 52.3 Å². The summed E-state index contributed by atoms with van der Waals surface area (Å²) in [6, 6.07) is 19.8. The number of carbonyl (C=O) groups excluding carboxylic acids is 1. The molecule has 2 aromatic rings. The van der Waals surface area contributed by atoms with Crippen LogP contribution in [0.5, 0.6) is 0 Å². The molecule has 0 spiro atoms. The molecule has 0 unspecified atom stereocenters. The molecule has 158 valence electrons. The molecule has 0 aliphatic carbocycles. The predicted molar refractivity (Wildman–Crippen MR) is 120 cm³/mol. The Hall–Kier alpha value is -1.82. The van der Waals surface area contributed by atoms with E-state index in [1.54, 1.807) is 18.7 Å². The molecule has 0 bridgehead atoms. The van der Waals surface area contributed by atoms with Gasteiger partial charge in [-0.25, -0.2) is 0 Å². The van der Waals surface area contributed by atoms with Crippen molar-refractivity contribution in [1.29, 1.82) is 0 Å². The van der Waals surface area contributed by atoms with Gasteiger partial charge in [-0.2, -0.15) is 0 Å². The molecule has 0 saturated heterocycles. The summed E-state index contributed by atoms with van der Waals surface area (Å²) in [5.74, 6) is -1.06. The van der Waals surface area contributed by atoms with E-state index in [9.17, 15) is 9.90 Å². The van der Waals surface area contributed by atoms with Gasteiger partial charge in [-0.3, -0.25) is 4.79 Å². The van der Waals surface area contributed by atoms with Crippen molar-refractivity contribution in [3.8, 4) is 0 Å². The van der Waals surface area contributed by atoms with Gasteiger partial charge in [-0.15, -0.1) is 11.8 Å². The minimum absolute atomic E-state index is 0.0419. The number of rotatable bonds is 10. The first kappa shape index (κ1) is 23.5. The highest BCUT2D eigenvalue weighted by Gasteiger charge is 2.43. The van der Waals surface area contributed by atoms with Crippen LogP contribution in [-0.2, 0) is 9.53 Å². The fraction of sp³-hybridized carbons (Fsp3) is 0.458. The van der Waals surface area contributed by atoms with Crippen molar-refractivity contribution in [2.75, 3.05) is 6.61 Å². The quantitative estimate of drug-likeness (QED) is 0.430. The van der Waals surface area contributed by atoms with Crippen molar-refractivity contribution < 1.29 is 14.6 Å². The average Bonchev–Trinajstić information content (AvgIpc) is 2.69. The number of aliphatic hydroxyl groups excluding tert-OH is 1. The van der Waals surface area contributed by atoms with Gasteiger partial charge in [0.25, 0.3) is 0 Å². The Bertz CT molecular complexity index is 751. The average molecular weight is 416 g/mol. The van der Waals surface area contributed by atoms with Crippen LogP contribution < -0.4 is 5.32 Å². The number of benzene rings is 2. The molecule has 29 heavy (non-hydrogen) atoms. The fourth-order valence-electron chi connectivity index (χ4n) is 3.47. The summed E-state index contributed by atoms with van der Waals surface area (Å²) in [6.07, 6.45) is -0.891. The van der Waals surface area contributed by atoms with E-state index in [-0.39, 0.29) is 24.7 Å². The normalized spacial score (nSPS) is 15.9. The number of esters is 1. The number of aliphatic hydroxyl groups is 1. The highest BCUT2D eigenvalue weighted by Crippen LogP contribution is 2.38. The molecular weight excluding hydrogens is 382 g/mol. The SMILES string of the molecule is CCOC(=O)[C@H]([C@H](C)N[C@@H](C)c1ccccc1)[C@@H](O)C(C)(C)Sc1ccccc1. The first-order valence-corrected chi connectivity index (χ1v) is 11.0. The Kier molecular flexibility index (Phi) is 8.75. The largest absolute Gasteiger partial charge is 0.466 e. The molecule has 0 fully saturated rings. The molecule has 4 atom stereocenters. The van der Waals surface area contributed by atoms with Gasteiger partial charge < -0.3 is 15.2 Å². The van der Waals surface area contributed by atoms with Crippen LogP contribution in [0.2, 0.25) is 0 Å². The second-order valence-electron chi connectivity index (χ2n) is 7.83. The lowest BCUT2D eigenvalue weighted by atomic mass is 9.86. The molecule has 4 nitrogen and oxygen atoms in total. The molecule has 0 aliphatic heterocycles. The van der Waals surface area contributed by atoms with Crippen molar-refractivity contribution in [1.82, 2.24) is 5.32 Å². The number of hydrogen-bond acceptors (Lipinski definition) is 5. The van der Waals surface area contributed by atoms with Gasteiger partial charge in [0.15, 0.2) is 0 Å². The molecule has 0 amide bonds. The van der Waals surface area contributed by atoms with Crippen molar-refractivity contribution in [3.05, 3.63) is 66.2 Å². The van der Waals surface area contributed by atoms with Crippen LogP contribution in [0, 0.1) is 5.92 Å². The Morgan fingerprint density at radius 1 is 1.07 bits per heavy atom. The topological polar surface area (TPSA) is 58.6 Å². The lowest BCUT2D eigenvalue weighted by molar-refractivity contribution is -0.154. The molecule has 0 aliphatic rings. The molecular formula is C24H33NO3S. The fourth-order valence-corrected chi connectivity index (χ4v) is 4.63. The number of hydrogen-bond donors (Lipinski definition) is 2. The Labute approximate surface area is 179 Å². The third-order valence-corrected chi connectivity index (χ3v) is 6.36. The summed E-state index contributed by atoms with van der Waals surface area (Å²) in [6.45, 7) is 10.0.